The molecule has 3 rings (SSSR count). The molecular weight excluding hydrogens is 320 g/mol. The highest BCUT2D eigenvalue weighted by atomic mass is 16.2. The molecule has 0 unspecified atom stereocenters. The quantitative estimate of drug-likeness (QED) is 0.647. The van der Waals surface area contributed by atoms with E-state index in [1.807, 2.05) is 0 Å². The summed E-state index contributed by atoms with van der Waals surface area (Å²) in [5.41, 5.74) is 0. The summed E-state index contributed by atoms with van der Waals surface area (Å²) in [4.78, 5) is 39.3. The molecule has 138 valence electrons. The highest BCUT2D eigenvalue weighted by Crippen LogP contribution is 2.30. The molecule has 1 saturated heterocycles. The van der Waals surface area contributed by atoms with Gasteiger partial charge in [0, 0.05) is 63.9 Å². The van der Waals surface area contributed by atoms with Gasteiger partial charge in [0.1, 0.15) is 0 Å². The Labute approximate surface area is 148 Å². The van der Waals surface area contributed by atoms with Crippen molar-refractivity contribution in [3.63, 3.8) is 0 Å². The van der Waals surface area contributed by atoms with Crippen LogP contribution in [0.2, 0.25) is 0 Å². The van der Waals surface area contributed by atoms with Gasteiger partial charge in [-0.25, -0.2) is 0 Å². The van der Waals surface area contributed by atoms with Gasteiger partial charge in [0.2, 0.25) is 5.91 Å². The normalized spacial score (nSPS) is 27.8. The minimum atomic E-state index is -0.210. The fraction of sp³-hybridized carbons (Fsp3) is 0.722. The Balaban J connectivity index is 1.33. The van der Waals surface area contributed by atoms with E-state index < -0.39 is 0 Å². The molecule has 7 heteroatoms. The highest BCUT2D eigenvalue weighted by molar-refractivity contribution is 6.12. The lowest BCUT2D eigenvalue weighted by Crippen LogP contribution is -2.47. The van der Waals surface area contributed by atoms with E-state index in [2.05, 4.69) is 15.5 Å². The Kier molecular flexibility index (Phi) is 6.20. The first-order valence-electron chi connectivity index (χ1n) is 9.38. The van der Waals surface area contributed by atoms with Crippen molar-refractivity contribution >= 4 is 17.7 Å². The molecule has 0 atom stereocenters. The predicted molar refractivity (Wildman–Crippen MR) is 93.6 cm³/mol. The van der Waals surface area contributed by atoms with Crippen molar-refractivity contribution in [2.24, 2.45) is 11.8 Å². The molecule has 2 N–H and O–H groups in total. The summed E-state index contributed by atoms with van der Waals surface area (Å²) in [5.74, 6) is 0.124. The van der Waals surface area contributed by atoms with Gasteiger partial charge in [0.25, 0.3) is 11.8 Å². The fourth-order valence-electron chi connectivity index (χ4n) is 3.89. The second-order valence-electron chi connectivity index (χ2n) is 7.22. The Bertz CT molecular complexity index is 516. The van der Waals surface area contributed by atoms with Gasteiger partial charge in [-0.05, 0) is 31.6 Å². The zero-order valence-corrected chi connectivity index (χ0v) is 14.7. The molecule has 0 aromatic heterocycles. The number of nitrogens with one attached hydrogen (secondary N) is 2. The first-order valence-corrected chi connectivity index (χ1v) is 9.38. The van der Waals surface area contributed by atoms with Crippen LogP contribution in [0.3, 0.4) is 0 Å². The lowest BCUT2D eigenvalue weighted by molar-refractivity contribution is -0.138. The number of rotatable bonds is 6. The number of hydrogen-bond donors (Lipinski definition) is 2. The Hall–Kier alpha value is -1.73. The average Bonchev–Trinajstić information content (AvgIpc) is 2.95. The molecule has 1 saturated carbocycles. The van der Waals surface area contributed by atoms with Crippen LogP contribution in [-0.4, -0.2) is 73.3 Å². The number of imide groups is 1. The minimum absolute atomic E-state index is 0.0716. The number of piperazine rings is 1. The highest BCUT2D eigenvalue weighted by Gasteiger charge is 2.31. The van der Waals surface area contributed by atoms with Gasteiger partial charge < -0.3 is 10.6 Å². The van der Waals surface area contributed by atoms with Crippen molar-refractivity contribution in [3.05, 3.63) is 12.2 Å². The number of carbonyl (C=O) groups is 3. The number of nitrogens with zero attached hydrogens (tertiary/aromatic N) is 2. The van der Waals surface area contributed by atoms with Gasteiger partial charge in [-0.15, -0.1) is 0 Å². The Morgan fingerprint density at radius 1 is 1.08 bits per heavy atom. The van der Waals surface area contributed by atoms with Crippen molar-refractivity contribution in [2.75, 3.05) is 45.8 Å². The van der Waals surface area contributed by atoms with Gasteiger partial charge in [0.15, 0.2) is 0 Å². The molecular formula is C18H28N4O3. The van der Waals surface area contributed by atoms with Crippen LogP contribution < -0.4 is 10.6 Å². The van der Waals surface area contributed by atoms with Crippen LogP contribution in [0.5, 0.6) is 0 Å². The number of hydrogen-bond acceptors (Lipinski definition) is 5. The maximum atomic E-state index is 12.3. The summed E-state index contributed by atoms with van der Waals surface area (Å²) in [6.45, 7) is 6.25. The van der Waals surface area contributed by atoms with Crippen LogP contribution in [-0.2, 0) is 14.4 Å². The maximum Gasteiger partial charge on any atom is 0.253 e. The van der Waals surface area contributed by atoms with Crippen molar-refractivity contribution in [3.8, 4) is 0 Å². The van der Waals surface area contributed by atoms with Crippen molar-refractivity contribution in [2.45, 2.75) is 25.7 Å². The zero-order valence-electron chi connectivity index (χ0n) is 14.7. The molecule has 0 aromatic rings. The van der Waals surface area contributed by atoms with Crippen LogP contribution in [0, 0.1) is 11.8 Å². The van der Waals surface area contributed by atoms with E-state index in [1.165, 1.54) is 17.1 Å². The van der Waals surface area contributed by atoms with Gasteiger partial charge in [-0.3, -0.25) is 24.2 Å². The van der Waals surface area contributed by atoms with Crippen LogP contribution in [0.25, 0.3) is 0 Å². The van der Waals surface area contributed by atoms with Crippen LogP contribution in [0.15, 0.2) is 12.2 Å². The number of amides is 3. The molecule has 3 aliphatic rings. The molecule has 0 spiro atoms. The van der Waals surface area contributed by atoms with Gasteiger partial charge >= 0.3 is 0 Å². The van der Waals surface area contributed by atoms with E-state index in [4.69, 9.17) is 0 Å². The summed E-state index contributed by atoms with van der Waals surface area (Å²) in [5, 5.41) is 6.39. The topological polar surface area (TPSA) is 81.8 Å². The van der Waals surface area contributed by atoms with Crippen molar-refractivity contribution in [1.29, 1.82) is 0 Å². The van der Waals surface area contributed by atoms with E-state index in [9.17, 15) is 14.4 Å². The van der Waals surface area contributed by atoms with Gasteiger partial charge in [-0.1, -0.05) is 0 Å². The molecule has 7 nitrogen and oxygen atoms in total. The zero-order chi connectivity index (χ0) is 17.6. The third-order valence-electron chi connectivity index (χ3n) is 5.50. The SMILES string of the molecule is O=C(NCCN1CCNCC1)C1CCC(CN2C(=O)C=CC2=O)CC1. The third-order valence-corrected chi connectivity index (χ3v) is 5.50. The monoisotopic (exact) mass is 348 g/mol. The maximum absolute atomic E-state index is 12.3. The summed E-state index contributed by atoms with van der Waals surface area (Å²) in [7, 11) is 0. The van der Waals surface area contributed by atoms with Crippen molar-refractivity contribution in [1.82, 2.24) is 20.4 Å². The lowest BCUT2D eigenvalue weighted by Gasteiger charge is -2.30. The summed E-state index contributed by atoms with van der Waals surface area (Å²) < 4.78 is 0. The third kappa shape index (κ3) is 4.89. The minimum Gasteiger partial charge on any atom is -0.355 e. The van der Waals surface area contributed by atoms with Crippen LogP contribution in [0.4, 0.5) is 0 Å². The molecule has 2 heterocycles. The molecule has 0 bridgehead atoms. The first kappa shape index (κ1) is 18.1. The largest absolute Gasteiger partial charge is 0.355 e. The lowest BCUT2D eigenvalue weighted by atomic mass is 9.81. The van der Waals surface area contributed by atoms with Crippen molar-refractivity contribution < 1.29 is 14.4 Å². The van der Waals surface area contributed by atoms with E-state index in [0.29, 0.717) is 19.0 Å². The Morgan fingerprint density at radius 3 is 2.36 bits per heavy atom. The summed E-state index contributed by atoms with van der Waals surface area (Å²) in [6.07, 6.45) is 6.14. The summed E-state index contributed by atoms with van der Waals surface area (Å²) >= 11 is 0. The molecule has 2 fully saturated rings. The summed E-state index contributed by atoms with van der Waals surface area (Å²) in [6, 6.07) is 0. The second kappa shape index (κ2) is 8.58. The van der Waals surface area contributed by atoms with E-state index >= 15 is 0 Å². The smallest absolute Gasteiger partial charge is 0.253 e. The van der Waals surface area contributed by atoms with Crippen LogP contribution in [0.1, 0.15) is 25.7 Å². The molecule has 0 aromatic carbocycles. The molecule has 0 radical (unpaired) electrons. The fourth-order valence-corrected chi connectivity index (χ4v) is 3.89. The first-order chi connectivity index (χ1) is 12.1. The second-order valence-corrected chi connectivity index (χ2v) is 7.22. The van der Waals surface area contributed by atoms with E-state index in [-0.39, 0.29) is 23.6 Å². The predicted octanol–water partition coefficient (Wildman–Crippen LogP) is -0.261. The van der Waals surface area contributed by atoms with Gasteiger partial charge in [-0.2, -0.15) is 0 Å². The van der Waals surface area contributed by atoms with Crippen LogP contribution >= 0.6 is 0 Å². The molecule has 3 amide bonds. The number of carbonyl (C=O) groups excluding carboxylic acids is 3. The standard InChI is InChI=1S/C18H28N4O3/c23-16-5-6-17(24)22(16)13-14-1-3-15(4-2-14)18(25)20-9-12-21-10-7-19-8-11-21/h5-6,14-15,19H,1-4,7-13H2,(H,20,25). The molecule has 2 aliphatic heterocycles. The van der Waals surface area contributed by atoms with Gasteiger partial charge in [0.05, 0.1) is 0 Å². The van der Waals surface area contributed by atoms with E-state index in [1.54, 1.807) is 0 Å². The molecule has 1 aliphatic carbocycles. The Morgan fingerprint density at radius 2 is 1.72 bits per heavy atom. The average molecular weight is 348 g/mol. The van der Waals surface area contributed by atoms with E-state index in [0.717, 1.165) is 58.4 Å². The molecule has 25 heavy (non-hydrogen) atoms.